The molecule has 0 aliphatic heterocycles. The third kappa shape index (κ3) is 3.98. The largest absolute Gasteiger partial charge is 0.493 e. The van der Waals surface area contributed by atoms with Gasteiger partial charge in [-0.3, -0.25) is 0 Å². The summed E-state index contributed by atoms with van der Waals surface area (Å²) in [6.45, 7) is 0.124. The molecule has 0 heterocycles. The molecule has 0 saturated carbocycles. The molecular weight excluding hydrogens is 298 g/mol. The monoisotopic (exact) mass is 313 g/mol. The zero-order chi connectivity index (χ0) is 16.2. The standard InChI is InChI=1S/C16H15F4NO/c17-15-7-2-1-6-14(15)11(9-21)10-22-13-5-3-4-12(8-13)16(18,19)20/h1-8,11H,9-10,21H2. The Bertz CT molecular complexity index is 628. The molecule has 2 nitrogen and oxygen atoms in total. The lowest BCUT2D eigenvalue weighted by atomic mass is 10.00. The van der Waals surface area contributed by atoms with Gasteiger partial charge in [0.25, 0.3) is 0 Å². The summed E-state index contributed by atoms with van der Waals surface area (Å²) in [5.41, 5.74) is 5.20. The Balaban J connectivity index is 2.10. The lowest BCUT2D eigenvalue weighted by Crippen LogP contribution is -2.20. The van der Waals surface area contributed by atoms with Crippen LogP contribution in [0.2, 0.25) is 0 Å². The minimum absolute atomic E-state index is 0.00125. The first-order valence-corrected chi connectivity index (χ1v) is 6.66. The molecule has 2 rings (SSSR count). The highest BCUT2D eigenvalue weighted by molar-refractivity contribution is 5.30. The van der Waals surface area contributed by atoms with Gasteiger partial charge in [-0.05, 0) is 29.8 Å². The number of rotatable bonds is 5. The normalized spacial score (nSPS) is 13.0. The molecule has 0 aromatic heterocycles. The summed E-state index contributed by atoms with van der Waals surface area (Å²) in [5, 5.41) is 0. The van der Waals surface area contributed by atoms with Crippen LogP contribution in [0.15, 0.2) is 48.5 Å². The fraction of sp³-hybridized carbons (Fsp3) is 0.250. The van der Waals surface area contributed by atoms with Crippen molar-refractivity contribution in [1.82, 2.24) is 0 Å². The maximum Gasteiger partial charge on any atom is 0.416 e. The van der Waals surface area contributed by atoms with Crippen LogP contribution in [-0.4, -0.2) is 13.2 Å². The van der Waals surface area contributed by atoms with Crippen LogP contribution in [0, 0.1) is 5.82 Å². The third-order valence-corrected chi connectivity index (χ3v) is 3.24. The van der Waals surface area contributed by atoms with Crippen molar-refractivity contribution < 1.29 is 22.3 Å². The number of hydrogen-bond acceptors (Lipinski definition) is 2. The van der Waals surface area contributed by atoms with E-state index in [2.05, 4.69) is 0 Å². The van der Waals surface area contributed by atoms with Crippen LogP contribution in [0.5, 0.6) is 5.75 Å². The molecule has 1 unspecified atom stereocenters. The highest BCUT2D eigenvalue weighted by atomic mass is 19.4. The van der Waals surface area contributed by atoms with E-state index in [0.29, 0.717) is 5.56 Å². The molecule has 0 amide bonds. The van der Waals surface area contributed by atoms with Crippen LogP contribution in [-0.2, 0) is 6.18 Å². The maximum atomic E-state index is 13.7. The second kappa shape index (κ2) is 6.79. The molecule has 1 atom stereocenters. The minimum atomic E-state index is -4.43. The number of alkyl halides is 3. The number of benzene rings is 2. The van der Waals surface area contributed by atoms with Gasteiger partial charge < -0.3 is 10.5 Å². The quantitative estimate of drug-likeness (QED) is 0.848. The molecule has 2 aromatic carbocycles. The Kier molecular flexibility index (Phi) is 5.03. The molecule has 0 fully saturated rings. The Morgan fingerprint density at radius 3 is 2.41 bits per heavy atom. The van der Waals surface area contributed by atoms with Gasteiger partial charge in [-0.2, -0.15) is 13.2 Å². The Morgan fingerprint density at radius 1 is 1.05 bits per heavy atom. The summed E-state index contributed by atoms with van der Waals surface area (Å²) in [4.78, 5) is 0. The van der Waals surface area contributed by atoms with Gasteiger partial charge in [-0.25, -0.2) is 4.39 Å². The van der Waals surface area contributed by atoms with Crippen molar-refractivity contribution in [2.24, 2.45) is 5.73 Å². The maximum absolute atomic E-state index is 13.7. The Hall–Kier alpha value is -2.08. The summed E-state index contributed by atoms with van der Waals surface area (Å²) in [6, 6.07) is 10.7. The van der Waals surface area contributed by atoms with Gasteiger partial charge in [-0.1, -0.05) is 24.3 Å². The van der Waals surface area contributed by atoms with Crippen LogP contribution in [0.1, 0.15) is 17.0 Å². The lowest BCUT2D eigenvalue weighted by molar-refractivity contribution is -0.137. The van der Waals surface area contributed by atoms with E-state index in [0.717, 1.165) is 12.1 Å². The molecule has 2 aromatic rings. The summed E-state index contributed by atoms with van der Waals surface area (Å²) < 4.78 is 56.9. The molecule has 0 aliphatic carbocycles. The number of nitrogens with two attached hydrogens (primary N) is 1. The van der Waals surface area contributed by atoms with Crippen LogP contribution in [0.3, 0.4) is 0 Å². The van der Waals surface area contributed by atoms with Crippen molar-refractivity contribution in [2.75, 3.05) is 13.2 Å². The second-order valence-corrected chi connectivity index (χ2v) is 4.79. The highest BCUT2D eigenvalue weighted by Crippen LogP contribution is 2.31. The minimum Gasteiger partial charge on any atom is -0.493 e. The number of hydrogen-bond donors (Lipinski definition) is 1. The van der Waals surface area contributed by atoms with E-state index >= 15 is 0 Å². The smallest absolute Gasteiger partial charge is 0.416 e. The molecule has 0 saturated heterocycles. The van der Waals surface area contributed by atoms with Gasteiger partial charge in [0, 0.05) is 12.5 Å². The first-order valence-electron chi connectivity index (χ1n) is 6.66. The van der Waals surface area contributed by atoms with Gasteiger partial charge in [-0.15, -0.1) is 0 Å². The van der Waals surface area contributed by atoms with E-state index in [9.17, 15) is 17.6 Å². The average molecular weight is 313 g/mol. The van der Waals surface area contributed by atoms with Crippen molar-refractivity contribution in [1.29, 1.82) is 0 Å². The SMILES string of the molecule is NCC(COc1cccc(C(F)(F)F)c1)c1ccccc1F. The number of halogens is 4. The van der Waals surface area contributed by atoms with Gasteiger partial charge in [0.2, 0.25) is 0 Å². The van der Waals surface area contributed by atoms with Gasteiger partial charge in [0.15, 0.2) is 0 Å². The fourth-order valence-electron chi connectivity index (χ4n) is 2.05. The molecule has 0 bridgehead atoms. The van der Waals surface area contributed by atoms with E-state index in [4.69, 9.17) is 10.5 Å². The summed E-state index contributed by atoms with van der Waals surface area (Å²) >= 11 is 0. The Labute approximate surface area is 125 Å². The molecule has 6 heteroatoms. The summed E-state index contributed by atoms with van der Waals surface area (Å²) in [5.74, 6) is -0.772. The predicted molar refractivity (Wildman–Crippen MR) is 75.1 cm³/mol. The predicted octanol–water partition coefficient (Wildman–Crippen LogP) is 3.97. The first kappa shape index (κ1) is 16.3. The molecular formula is C16H15F4NO. The molecule has 0 aliphatic rings. The highest BCUT2D eigenvalue weighted by Gasteiger charge is 2.30. The molecule has 2 N–H and O–H groups in total. The van der Waals surface area contributed by atoms with Crippen molar-refractivity contribution in [3.05, 3.63) is 65.5 Å². The molecule has 118 valence electrons. The number of ether oxygens (including phenoxy) is 1. The van der Waals surface area contributed by atoms with Crippen LogP contribution < -0.4 is 10.5 Å². The van der Waals surface area contributed by atoms with Crippen molar-refractivity contribution in [2.45, 2.75) is 12.1 Å². The zero-order valence-corrected chi connectivity index (χ0v) is 11.6. The van der Waals surface area contributed by atoms with Crippen molar-refractivity contribution in [3.63, 3.8) is 0 Å². The van der Waals surface area contributed by atoms with Gasteiger partial charge in [0.1, 0.15) is 11.6 Å². The van der Waals surface area contributed by atoms with Crippen molar-refractivity contribution >= 4 is 0 Å². The average Bonchev–Trinajstić information content (AvgIpc) is 2.49. The van der Waals surface area contributed by atoms with E-state index in [1.54, 1.807) is 18.2 Å². The van der Waals surface area contributed by atoms with Gasteiger partial charge in [0.05, 0.1) is 12.2 Å². The van der Waals surface area contributed by atoms with E-state index in [1.807, 2.05) is 0 Å². The second-order valence-electron chi connectivity index (χ2n) is 4.79. The van der Waals surface area contributed by atoms with E-state index in [-0.39, 0.29) is 18.9 Å². The van der Waals surface area contributed by atoms with Crippen LogP contribution >= 0.6 is 0 Å². The molecule has 0 spiro atoms. The first-order chi connectivity index (χ1) is 10.4. The topological polar surface area (TPSA) is 35.2 Å². The Morgan fingerprint density at radius 2 is 1.77 bits per heavy atom. The molecule has 22 heavy (non-hydrogen) atoms. The van der Waals surface area contributed by atoms with E-state index < -0.39 is 23.5 Å². The molecule has 0 radical (unpaired) electrons. The fourth-order valence-corrected chi connectivity index (χ4v) is 2.05. The van der Waals surface area contributed by atoms with Crippen LogP contribution in [0.25, 0.3) is 0 Å². The third-order valence-electron chi connectivity index (χ3n) is 3.24. The summed E-state index contributed by atoms with van der Waals surface area (Å²) in [6.07, 6.45) is -4.43. The zero-order valence-electron chi connectivity index (χ0n) is 11.6. The van der Waals surface area contributed by atoms with Crippen LogP contribution in [0.4, 0.5) is 17.6 Å². The van der Waals surface area contributed by atoms with E-state index in [1.165, 1.54) is 18.2 Å². The van der Waals surface area contributed by atoms with Gasteiger partial charge >= 0.3 is 6.18 Å². The lowest BCUT2D eigenvalue weighted by Gasteiger charge is -2.17. The van der Waals surface area contributed by atoms with Crippen molar-refractivity contribution in [3.8, 4) is 5.75 Å². The summed E-state index contributed by atoms with van der Waals surface area (Å²) in [7, 11) is 0.